The molecule has 0 spiro atoms. The van der Waals surface area contributed by atoms with Crippen molar-refractivity contribution >= 4 is 10.8 Å². The molecule has 1 aromatic heterocycles. The maximum Gasteiger partial charge on any atom is 0.0346 e. The number of allylic oxidation sites excluding steroid dienone is 2. The second-order valence-electron chi connectivity index (χ2n) is 4.42. The van der Waals surface area contributed by atoms with E-state index in [0.29, 0.717) is 5.92 Å². The maximum absolute atomic E-state index is 4.35. The molecule has 0 amide bonds. The van der Waals surface area contributed by atoms with Crippen molar-refractivity contribution < 1.29 is 0 Å². The van der Waals surface area contributed by atoms with Gasteiger partial charge in [0.15, 0.2) is 0 Å². The van der Waals surface area contributed by atoms with Crippen molar-refractivity contribution in [2.45, 2.75) is 25.2 Å². The Labute approximate surface area is 95.8 Å². The Morgan fingerprint density at radius 1 is 1.12 bits per heavy atom. The second kappa shape index (κ2) is 4.09. The van der Waals surface area contributed by atoms with Gasteiger partial charge in [0.25, 0.3) is 0 Å². The number of hydrogen-bond acceptors (Lipinski definition) is 1. The summed E-state index contributed by atoms with van der Waals surface area (Å²) in [5, 5.41) is 2.60. The summed E-state index contributed by atoms with van der Waals surface area (Å²) in [6, 6.07) is 8.52. The zero-order valence-electron chi connectivity index (χ0n) is 9.26. The first-order valence-electron chi connectivity index (χ1n) is 5.94. The van der Waals surface area contributed by atoms with Gasteiger partial charge >= 0.3 is 0 Å². The third kappa shape index (κ3) is 1.63. The molecule has 1 aromatic carbocycles. The lowest BCUT2D eigenvalue weighted by Gasteiger charge is -2.18. The van der Waals surface area contributed by atoms with Gasteiger partial charge < -0.3 is 0 Å². The van der Waals surface area contributed by atoms with Crippen LogP contribution in [0.1, 0.15) is 30.7 Å². The lowest BCUT2D eigenvalue weighted by molar-refractivity contribution is 0.656. The molecule has 0 fully saturated rings. The molecule has 0 bridgehead atoms. The average Bonchev–Trinajstić information content (AvgIpc) is 2.39. The first-order chi connectivity index (χ1) is 7.95. The van der Waals surface area contributed by atoms with Gasteiger partial charge in [0.1, 0.15) is 0 Å². The summed E-state index contributed by atoms with van der Waals surface area (Å²) < 4.78 is 0. The maximum atomic E-state index is 4.35. The van der Waals surface area contributed by atoms with Gasteiger partial charge in [0.2, 0.25) is 0 Å². The summed E-state index contributed by atoms with van der Waals surface area (Å²) in [5.74, 6) is 0.562. The predicted molar refractivity (Wildman–Crippen MR) is 67.5 cm³/mol. The molecule has 1 heterocycles. The molecule has 1 aliphatic carbocycles. The van der Waals surface area contributed by atoms with Gasteiger partial charge in [-0.3, -0.25) is 4.98 Å². The highest BCUT2D eigenvalue weighted by molar-refractivity contribution is 5.85. The monoisotopic (exact) mass is 209 g/mol. The van der Waals surface area contributed by atoms with E-state index in [1.54, 1.807) is 0 Å². The highest BCUT2D eigenvalue weighted by Crippen LogP contribution is 2.31. The molecule has 16 heavy (non-hydrogen) atoms. The fraction of sp³-hybridized carbons (Fsp3) is 0.267. The molecule has 1 nitrogen and oxygen atoms in total. The molecular formula is C15H15N. The van der Waals surface area contributed by atoms with Crippen LogP contribution in [0.5, 0.6) is 0 Å². The molecule has 1 heteroatoms. The van der Waals surface area contributed by atoms with Crippen LogP contribution >= 0.6 is 0 Å². The summed E-state index contributed by atoms with van der Waals surface area (Å²) in [7, 11) is 0. The minimum Gasteiger partial charge on any atom is -0.264 e. The summed E-state index contributed by atoms with van der Waals surface area (Å²) in [6.45, 7) is 0. The number of fused-ring (bicyclic) bond motifs is 1. The van der Waals surface area contributed by atoms with Crippen LogP contribution in [0.2, 0.25) is 0 Å². The molecule has 1 aliphatic rings. The Balaban J connectivity index is 2.15. The molecular weight excluding hydrogens is 194 g/mol. The Hall–Kier alpha value is -1.63. The van der Waals surface area contributed by atoms with Crippen LogP contribution in [0.15, 0.2) is 48.8 Å². The van der Waals surface area contributed by atoms with E-state index in [2.05, 4.69) is 41.4 Å². The molecule has 0 unspecified atom stereocenters. The largest absolute Gasteiger partial charge is 0.264 e. The van der Waals surface area contributed by atoms with Crippen LogP contribution in [0.25, 0.3) is 10.8 Å². The third-order valence-electron chi connectivity index (χ3n) is 3.35. The summed E-state index contributed by atoms with van der Waals surface area (Å²) in [4.78, 5) is 4.35. The fourth-order valence-electron chi connectivity index (χ4n) is 2.51. The van der Waals surface area contributed by atoms with Gasteiger partial charge in [-0.05, 0) is 30.2 Å². The van der Waals surface area contributed by atoms with Gasteiger partial charge in [-0.2, -0.15) is 0 Å². The molecule has 0 N–H and O–H groups in total. The number of pyridine rings is 1. The summed E-state index contributed by atoms with van der Waals surface area (Å²) in [5.41, 5.74) is 1.38. The molecule has 0 saturated heterocycles. The second-order valence-corrected chi connectivity index (χ2v) is 4.42. The lowest BCUT2D eigenvalue weighted by Crippen LogP contribution is -2.00. The van der Waals surface area contributed by atoms with E-state index >= 15 is 0 Å². The van der Waals surface area contributed by atoms with Crippen molar-refractivity contribution in [3.63, 3.8) is 0 Å². The van der Waals surface area contributed by atoms with Crippen LogP contribution in [-0.4, -0.2) is 4.98 Å². The van der Waals surface area contributed by atoms with E-state index in [9.17, 15) is 0 Å². The minimum atomic E-state index is 0.562. The van der Waals surface area contributed by atoms with Crippen molar-refractivity contribution in [2.75, 3.05) is 0 Å². The Morgan fingerprint density at radius 2 is 2.06 bits per heavy atom. The van der Waals surface area contributed by atoms with Crippen LogP contribution in [-0.2, 0) is 0 Å². The zero-order valence-corrected chi connectivity index (χ0v) is 9.26. The van der Waals surface area contributed by atoms with Crippen molar-refractivity contribution in [3.8, 4) is 0 Å². The number of aromatic nitrogens is 1. The first kappa shape index (κ1) is 9.59. The van der Waals surface area contributed by atoms with E-state index in [4.69, 9.17) is 0 Å². The number of rotatable bonds is 1. The molecule has 80 valence electrons. The molecule has 3 rings (SSSR count). The Bertz CT molecular complexity index is 522. The van der Waals surface area contributed by atoms with Gasteiger partial charge in [-0.1, -0.05) is 36.4 Å². The van der Waals surface area contributed by atoms with Crippen molar-refractivity contribution in [1.82, 2.24) is 4.98 Å². The van der Waals surface area contributed by atoms with Crippen molar-refractivity contribution in [2.24, 2.45) is 0 Å². The quantitative estimate of drug-likeness (QED) is 0.645. The van der Waals surface area contributed by atoms with Crippen LogP contribution in [0.4, 0.5) is 0 Å². The Kier molecular flexibility index (Phi) is 2.45. The van der Waals surface area contributed by atoms with E-state index in [0.717, 1.165) is 0 Å². The van der Waals surface area contributed by atoms with E-state index in [1.165, 1.54) is 35.6 Å². The van der Waals surface area contributed by atoms with Gasteiger partial charge in [0.05, 0.1) is 0 Å². The highest BCUT2D eigenvalue weighted by Gasteiger charge is 2.13. The zero-order chi connectivity index (χ0) is 10.8. The number of hydrogen-bond donors (Lipinski definition) is 0. The minimum absolute atomic E-state index is 0.562. The van der Waals surface area contributed by atoms with E-state index < -0.39 is 0 Å². The molecule has 0 radical (unpaired) electrons. The smallest absolute Gasteiger partial charge is 0.0346 e. The normalized spacial score (nSPS) is 20.1. The summed E-state index contributed by atoms with van der Waals surface area (Å²) in [6.07, 6.45) is 12.4. The molecule has 2 aromatic rings. The highest BCUT2D eigenvalue weighted by atomic mass is 14.6. The van der Waals surface area contributed by atoms with Crippen molar-refractivity contribution in [1.29, 1.82) is 0 Å². The van der Waals surface area contributed by atoms with Crippen molar-refractivity contribution in [3.05, 3.63) is 54.4 Å². The summed E-state index contributed by atoms with van der Waals surface area (Å²) >= 11 is 0. The predicted octanol–water partition coefficient (Wildman–Crippen LogP) is 4.06. The third-order valence-corrected chi connectivity index (χ3v) is 3.35. The Morgan fingerprint density at radius 3 is 2.94 bits per heavy atom. The molecule has 0 aliphatic heterocycles. The van der Waals surface area contributed by atoms with Crippen LogP contribution < -0.4 is 0 Å². The fourth-order valence-corrected chi connectivity index (χ4v) is 2.51. The molecule has 1 atom stereocenters. The number of nitrogens with zero attached hydrogens (tertiary/aromatic N) is 1. The van der Waals surface area contributed by atoms with Crippen LogP contribution in [0, 0.1) is 0 Å². The van der Waals surface area contributed by atoms with E-state index in [1.807, 2.05) is 12.4 Å². The number of benzene rings is 1. The first-order valence-corrected chi connectivity index (χ1v) is 5.94. The lowest BCUT2D eigenvalue weighted by atomic mass is 9.88. The van der Waals surface area contributed by atoms with Crippen LogP contribution in [0.3, 0.4) is 0 Å². The molecule has 0 saturated carbocycles. The van der Waals surface area contributed by atoms with Gasteiger partial charge in [0, 0.05) is 23.7 Å². The standard InChI is InChI=1S/C15H15N/c1-2-6-12(7-3-1)15-11-16-10-13-8-4-5-9-14(13)15/h2,4-6,8-12H,1,3,7H2/t12-/m0/s1. The van der Waals surface area contributed by atoms with E-state index in [-0.39, 0.29) is 0 Å². The average molecular weight is 209 g/mol. The van der Waals surface area contributed by atoms with Gasteiger partial charge in [-0.15, -0.1) is 0 Å². The topological polar surface area (TPSA) is 12.9 Å². The SMILES string of the molecule is C1=C[C@H](c2cncc3ccccc23)CCC1. The van der Waals surface area contributed by atoms with Gasteiger partial charge in [-0.25, -0.2) is 0 Å².